The summed E-state index contributed by atoms with van der Waals surface area (Å²) in [6.45, 7) is 1.40. The molecule has 0 saturated heterocycles. The molecular formula is C23H23F3N2O3. The maximum absolute atomic E-state index is 12.5. The third-order valence-electron chi connectivity index (χ3n) is 4.99. The third kappa shape index (κ3) is 5.87. The van der Waals surface area contributed by atoms with Crippen molar-refractivity contribution in [1.29, 1.82) is 0 Å². The van der Waals surface area contributed by atoms with E-state index in [0.717, 1.165) is 22.0 Å². The highest BCUT2D eigenvalue weighted by atomic mass is 19.4. The van der Waals surface area contributed by atoms with E-state index in [1.165, 1.54) is 14.0 Å². The monoisotopic (exact) mass is 432 g/mol. The first kappa shape index (κ1) is 22.4. The minimum absolute atomic E-state index is 0.0527. The van der Waals surface area contributed by atoms with Crippen LogP contribution in [0.5, 0.6) is 0 Å². The van der Waals surface area contributed by atoms with Crippen LogP contribution in [0.25, 0.3) is 10.9 Å². The van der Waals surface area contributed by atoms with Crippen LogP contribution in [0.1, 0.15) is 45.2 Å². The molecule has 5 nitrogen and oxygen atoms in total. The first-order valence-electron chi connectivity index (χ1n) is 9.78. The highest BCUT2D eigenvalue weighted by molar-refractivity contribution is 5.98. The lowest BCUT2D eigenvalue weighted by Crippen LogP contribution is -2.30. The lowest BCUT2D eigenvalue weighted by atomic mass is 10.0. The summed E-state index contributed by atoms with van der Waals surface area (Å²) in [5, 5.41) is 3.43. The Kier molecular flexibility index (Phi) is 6.68. The van der Waals surface area contributed by atoms with Crippen LogP contribution < -0.4 is 5.32 Å². The summed E-state index contributed by atoms with van der Waals surface area (Å²) in [6.07, 6.45) is -2.76. The fourth-order valence-electron chi connectivity index (χ4n) is 3.40. The van der Waals surface area contributed by atoms with E-state index in [1.807, 2.05) is 18.3 Å². The number of benzene rings is 2. The Balaban J connectivity index is 1.71. The van der Waals surface area contributed by atoms with Gasteiger partial charge in [0, 0.05) is 35.6 Å². The van der Waals surface area contributed by atoms with Crippen molar-refractivity contribution in [3.63, 3.8) is 0 Å². The minimum Gasteiger partial charge on any atom is -0.465 e. The quantitative estimate of drug-likeness (QED) is 0.524. The maximum atomic E-state index is 12.5. The topological polar surface area (TPSA) is 71.2 Å². The summed E-state index contributed by atoms with van der Waals surface area (Å²) in [7, 11) is 1.33. The van der Waals surface area contributed by atoms with Crippen molar-refractivity contribution in [3.05, 3.63) is 70.9 Å². The number of nitrogens with one attached hydrogen (secondary N) is 2. The van der Waals surface area contributed by atoms with E-state index in [4.69, 9.17) is 4.74 Å². The Morgan fingerprint density at radius 2 is 1.77 bits per heavy atom. The molecule has 1 atom stereocenters. The zero-order valence-corrected chi connectivity index (χ0v) is 17.2. The van der Waals surface area contributed by atoms with E-state index in [-0.39, 0.29) is 6.54 Å². The minimum atomic E-state index is -4.25. The number of carbonyl (C=O) groups excluding carboxylic acids is 2. The van der Waals surface area contributed by atoms with Gasteiger partial charge in [-0.1, -0.05) is 19.1 Å². The molecule has 0 bridgehead atoms. The number of amides is 1. The van der Waals surface area contributed by atoms with Crippen LogP contribution >= 0.6 is 0 Å². The maximum Gasteiger partial charge on any atom is 0.389 e. The van der Waals surface area contributed by atoms with Gasteiger partial charge in [-0.05, 0) is 53.8 Å². The van der Waals surface area contributed by atoms with E-state index in [9.17, 15) is 22.8 Å². The first-order chi connectivity index (χ1) is 14.7. The van der Waals surface area contributed by atoms with Gasteiger partial charge < -0.3 is 15.0 Å². The van der Waals surface area contributed by atoms with Crippen molar-refractivity contribution in [2.75, 3.05) is 13.7 Å². The predicted octanol–water partition coefficient (Wildman–Crippen LogP) is 4.86. The summed E-state index contributed by atoms with van der Waals surface area (Å²) >= 11 is 0. The molecule has 8 heteroatoms. The number of carbonyl (C=O) groups is 2. The van der Waals surface area contributed by atoms with Gasteiger partial charge in [-0.2, -0.15) is 13.2 Å². The van der Waals surface area contributed by atoms with Gasteiger partial charge in [0.15, 0.2) is 0 Å². The number of hydrogen-bond donors (Lipinski definition) is 2. The Morgan fingerprint density at radius 1 is 1.10 bits per heavy atom. The Hall–Kier alpha value is -3.29. The molecular weight excluding hydrogens is 409 g/mol. The van der Waals surface area contributed by atoms with Gasteiger partial charge in [-0.3, -0.25) is 4.79 Å². The predicted molar refractivity (Wildman–Crippen MR) is 111 cm³/mol. The number of aromatic amines is 1. The molecule has 0 aliphatic rings. The second-order valence-corrected chi connectivity index (χ2v) is 7.57. The fourth-order valence-corrected chi connectivity index (χ4v) is 3.40. The molecule has 164 valence electrons. The summed E-state index contributed by atoms with van der Waals surface area (Å²) < 4.78 is 42.1. The Morgan fingerprint density at radius 3 is 2.42 bits per heavy atom. The normalized spacial score (nSPS) is 12.5. The Bertz CT molecular complexity index is 1070. The second-order valence-electron chi connectivity index (χ2n) is 7.57. The number of H-pyrrole nitrogens is 1. The number of ether oxygens (including phenoxy) is 1. The lowest BCUT2D eigenvalue weighted by Gasteiger charge is -2.14. The molecule has 1 aromatic heterocycles. The van der Waals surface area contributed by atoms with Crippen LogP contribution in [0.15, 0.2) is 48.7 Å². The van der Waals surface area contributed by atoms with Crippen molar-refractivity contribution in [1.82, 2.24) is 10.3 Å². The molecule has 0 saturated carbocycles. The van der Waals surface area contributed by atoms with Crippen LogP contribution in [0.3, 0.4) is 0 Å². The number of esters is 1. The zero-order chi connectivity index (χ0) is 22.6. The van der Waals surface area contributed by atoms with Crippen molar-refractivity contribution < 1.29 is 27.5 Å². The van der Waals surface area contributed by atoms with Gasteiger partial charge in [0.1, 0.15) is 0 Å². The zero-order valence-electron chi connectivity index (χ0n) is 17.2. The van der Waals surface area contributed by atoms with Crippen molar-refractivity contribution in [2.24, 2.45) is 5.92 Å². The molecule has 0 aliphatic heterocycles. The highest BCUT2D eigenvalue weighted by Crippen LogP contribution is 2.25. The highest BCUT2D eigenvalue weighted by Gasteiger charge is 2.30. The summed E-state index contributed by atoms with van der Waals surface area (Å²) in [4.78, 5) is 27.2. The second kappa shape index (κ2) is 9.24. The molecule has 2 N–H and O–H groups in total. The van der Waals surface area contributed by atoms with Gasteiger partial charge in [0.05, 0.1) is 12.7 Å². The summed E-state index contributed by atoms with van der Waals surface area (Å²) in [5.41, 5.74) is 3.63. The summed E-state index contributed by atoms with van der Waals surface area (Å²) in [6, 6.07) is 12.2. The van der Waals surface area contributed by atoms with Crippen LogP contribution in [0.4, 0.5) is 13.2 Å². The van der Waals surface area contributed by atoms with Crippen molar-refractivity contribution >= 4 is 22.8 Å². The van der Waals surface area contributed by atoms with Crippen molar-refractivity contribution in [3.8, 4) is 0 Å². The van der Waals surface area contributed by atoms with Gasteiger partial charge in [-0.15, -0.1) is 0 Å². The summed E-state index contributed by atoms with van der Waals surface area (Å²) in [5.74, 6) is -1.52. The average Bonchev–Trinajstić information content (AvgIpc) is 3.12. The molecule has 1 heterocycles. The molecule has 0 aliphatic carbocycles. The largest absolute Gasteiger partial charge is 0.465 e. The molecule has 1 amide bonds. The van der Waals surface area contributed by atoms with E-state index in [2.05, 4.69) is 10.3 Å². The van der Waals surface area contributed by atoms with Crippen molar-refractivity contribution in [2.45, 2.75) is 25.9 Å². The number of hydrogen-bond acceptors (Lipinski definition) is 3. The number of aromatic nitrogens is 1. The molecule has 0 fully saturated rings. The number of methoxy groups -OCH3 is 1. The number of fused-ring (bicyclic) bond motifs is 1. The molecule has 3 rings (SSSR count). The Labute approximate surface area is 177 Å². The van der Waals surface area contributed by atoms with E-state index in [1.54, 1.807) is 30.3 Å². The first-order valence-corrected chi connectivity index (χ1v) is 9.78. The number of alkyl halides is 3. The average molecular weight is 432 g/mol. The number of halogens is 3. The fraction of sp³-hybridized carbons (Fsp3) is 0.304. The SMILES string of the molecule is COC(=O)c1ccc(Cc2c[nH]c3ccc(C(=O)NCC(C)CC(F)(F)F)cc23)cc1. The number of rotatable bonds is 7. The molecule has 0 spiro atoms. The third-order valence-corrected chi connectivity index (χ3v) is 4.99. The standard InChI is InChI=1S/C23H23F3N2O3/c1-14(11-23(24,25)26)12-28-21(29)17-7-8-20-19(10-17)18(13-27-20)9-15-3-5-16(6-4-15)22(30)31-2/h3-8,10,13-14,27H,9,11-12H2,1-2H3,(H,28,29). The molecule has 0 radical (unpaired) electrons. The molecule has 31 heavy (non-hydrogen) atoms. The van der Waals surface area contributed by atoms with E-state index in [0.29, 0.717) is 17.5 Å². The molecule has 3 aromatic rings. The van der Waals surface area contributed by atoms with Gasteiger partial charge in [-0.25, -0.2) is 4.79 Å². The smallest absolute Gasteiger partial charge is 0.389 e. The van der Waals surface area contributed by atoms with Gasteiger partial charge in [0.25, 0.3) is 5.91 Å². The van der Waals surface area contributed by atoms with Crippen LogP contribution in [-0.4, -0.2) is 36.7 Å². The van der Waals surface area contributed by atoms with E-state index >= 15 is 0 Å². The van der Waals surface area contributed by atoms with Gasteiger partial charge in [0.2, 0.25) is 0 Å². The van der Waals surface area contributed by atoms with Gasteiger partial charge >= 0.3 is 12.1 Å². The lowest BCUT2D eigenvalue weighted by molar-refractivity contribution is -0.142. The molecule has 1 unspecified atom stereocenters. The van der Waals surface area contributed by atoms with E-state index < -0.39 is 30.4 Å². The van der Waals surface area contributed by atoms with Crippen LogP contribution in [-0.2, 0) is 11.2 Å². The molecule has 2 aromatic carbocycles. The van der Waals surface area contributed by atoms with Crippen LogP contribution in [0, 0.1) is 5.92 Å². The van der Waals surface area contributed by atoms with Crippen LogP contribution in [0.2, 0.25) is 0 Å².